The molecule has 0 atom stereocenters. The Kier molecular flexibility index (Phi) is 5.68. The van der Waals surface area contributed by atoms with Gasteiger partial charge in [0.1, 0.15) is 11.6 Å². The third-order valence-corrected chi connectivity index (χ3v) is 4.98. The second kappa shape index (κ2) is 8.57. The largest absolute Gasteiger partial charge is 0.478 e. The van der Waals surface area contributed by atoms with Crippen molar-refractivity contribution < 1.29 is 18.7 Å². The molecule has 0 aliphatic carbocycles. The van der Waals surface area contributed by atoms with Crippen LogP contribution >= 0.6 is 11.6 Å². The Labute approximate surface area is 181 Å². The lowest BCUT2D eigenvalue weighted by Crippen LogP contribution is -2.00. The van der Waals surface area contributed by atoms with E-state index in [0.29, 0.717) is 23.6 Å². The van der Waals surface area contributed by atoms with E-state index in [0.717, 1.165) is 11.1 Å². The number of nitrogens with one attached hydrogen (secondary N) is 1. The van der Waals surface area contributed by atoms with Crippen molar-refractivity contribution in [2.24, 2.45) is 0 Å². The molecule has 3 aromatic carbocycles. The molecule has 0 saturated carbocycles. The van der Waals surface area contributed by atoms with Crippen molar-refractivity contribution in [1.82, 2.24) is 9.78 Å². The molecule has 0 aliphatic heterocycles. The number of benzene rings is 3. The van der Waals surface area contributed by atoms with Gasteiger partial charge in [0.25, 0.3) is 0 Å². The van der Waals surface area contributed by atoms with Crippen LogP contribution in [0.3, 0.4) is 0 Å². The van der Waals surface area contributed by atoms with Crippen LogP contribution in [0.15, 0.2) is 72.9 Å². The molecule has 0 radical (unpaired) electrons. The van der Waals surface area contributed by atoms with Crippen molar-refractivity contribution in [3.63, 3.8) is 0 Å². The molecule has 31 heavy (non-hydrogen) atoms. The van der Waals surface area contributed by atoms with E-state index in [9.17, 15) is 13.6 Å². The number of hydrogen-bond donors (Lipinski definition) is 2. The van der Waals surface area contributed by atoms with Gasteiger partial charge in [0.15, 0.2) is 0 Å². The summed E-state index contributed by atoms with van der Waals surface area (Å²) in [7, 11) is 0. The normalized spacial score (nSPS) is 10.8. The minimum atomic E-state index is -1.01. The molecule has 2 N–H and O–H groups in total. The van der Waals surface area contributed by atoms with Gasteiger partial charge in [-0.25, -0.2) is 18.3 Å². The Morgan fingerprint density at radius 3 is 2.39 bits per heavy atom. The number of carbonyl (C=O) groups is 1. The van der Waals surface area contributed by atoms with Crippen molar-refractivity contribution in [2.45, 2.75) is 6.54 Å². The predicted octanol–water partition coefficient (Wildman–Crippen LogP) is 5.78. The first-order chi connectivity index (χ1) is 14.9. The van der Waals surface area contributed by atoms with E-state index in [1.165, 1.54) is 36.4 Å². The Hall–Kier alpha value is -3.71. The summed E-state index contributed by atoms with van der Waals surface area (Å²) in [5.74, 6) is -1.87. The van der Waals surface area contributed by atoms with Gasteiger partial charge in [-0.2, -0.15) is 5.10 Å². The van der Waals surface area contributed by atoms with Gasteiger partial charge in [0, 0.05) is 29.6 Å². The van der Waals surface area contributed by atoms with Crippen molar-refractivity contribution in [1.29, 1.82) is 0 Å². The van der Waals surface area contributed by atoms with E-state index >= 15 is 0 Å². The van der Waals surface area contributed by atoms with E-state index in [-0.39, 0.29) is 16.4 Å². The first-order valence-corrected chi connectivity index (χ1v) is 9.65. The molecule has 1 aromatic heterocycles. The number of rotatable bonds is 6. The van der Waals surface area contributed by atoms with E-state index in [1.807, 2.05) is 0 Å². The molecule has 156 valence electrons. The van der Waals surface area contributed by atoms with Gasteiger partial charge >= 0.3 is 5.97 Å². The van der Waals surface area contributed by atoms with E-state index in [2.05, 4.69) is 10.4 Å². The van der Waals surface area contributed by atoms with Crippen LogP contribution in [0.25, 0.3) is 16.9 Å². The smallest absolute Gasteiger partial charge is 0.335 e. The summed E-state index contributed by atoms with van der Waals surface area (Å²) >= 11 is 5.85. The summed E-state index contributed by atoms with van der Waals surface area (Å²) in [4.78, 5) is 11.1. The van der Waals surface area contributed by atoms with Gasteiger partial charge < -0.3 is 10.4 Å². The van der Waals surface area contributed by atoms with Gasteiger partial charge in [-0.3, -0.25) is 0 Å². The molecule has 0 unspecified atom stereocenters. The first kappa shape index (κ1) is 20.6. The van der Waals surface area contributed by atoms with Gasteiger partial charge in [0.2, 0.25) is 0 Å². The summed E-state index contributed by atoms with van der Waals surface area (Å²) < 4.78 is 28.4. The molecule has 0 saturated heterocycles. The fourth-order valence-corrected chi connectivity index (χ4v) is 3.26. The lowest BCUT2D eigenvalue weighted by molar-refractivity contribution is 0.0697. The van der Waals surface area contributed by atoms with Crippen molar-refractivity contribution in [2.75, 3.05) is 5.32 Å². The Morgan fingerprint density at radius 2 is 1.74 bits per heavy atom. The molecular weight excluding hydrogens is 424 g/mol. The quantitative estimate of drug-likeness (QED) is 0.399. The number of aromatic carboxylic acids is 1. The summed E-state index contributed by atoms with van der Waals surface area (Å²) in [6.45, 7) is 0.349. The zero-order chi connectivity index (χ0) is 22.0. The lowest BCUT2D eigenvalue weighted by Gasteiger charge is -2.07. The van der Waals surface area contributed by atoms with Crippen LogP contribution in [0.5, 0.6) is 0 Å². The third kappa shape index (κ3) is 4.57. The fourth-order valence-electron chi connectivity index (χ4n) is 3.08. The van der Waals surface area contributed by atoms with Crippen LogP contribution < -0.4 is 5.32 Å². The molecule has 4 aromatic rings. The average molecular weight is 440 g/mol. The van der Waals surface area contributed by atoms with Crippen molar-refractivity contribution in [3.8, 4) is 16.9 Å². The standard InChI is InChI=1S/C23H16ClF2N3O2/c24-20-11-18(7-10-21(20)26)27-12-16-13-29(19-8-3-15(4-9-19)23(30)31)28-22(16)14-1-5-17(25)6-2-14/h1-11,13,27H,12H2,(H,30,31). The fraction of sp³-hybridized carbons (Fsp3) is 0.0435. The first-order valence-electron chi connectivity index (χ1n) is 9.28. The van der Waals surface area contributed by atoms with Crippen LogP contribution in [-0.4, -0.2) is 20.9 Å². The Balaban J connectivity index is 1.68. The SMILES string of the molecule is O=C(O)c1ccc(-n2cc(CNc3ccc(F)c(Cl)c3)c(-c3ccc(F)cc3)n2)cc1. The number of aromatic nitrogens is 2. The lowest BCUT2D eigenvalue weighted by atomic mass is 10.1. The molecule has 0 aliphatic rings. The molecule has 0 amide bonds. The summed E-state index contributed by atoms with van der Waals surface area (Å²) in [5, 5.41) is 16.9. The highest BCUT2D eigenvalue weighted by Crippen LogP contribution is 2.26. The number of anilines is 1. The zero-order valence-electron chi connectivity index (χ0n) is 16.0. The topological polar surface area (TPSA) is 67.2 Å². The minimum Gasteiger partial charge on any atom is -0.478 e. The average Bonchev–Trinajstić information content (AvgIpc) is 3.19. The summed E-state index contributed by atoms with van der Waals surface area (Å²) in [6, 6.07) is 16.6. The Morgan fingerprint density at radius 1 is 1.03 bits per heavy atom. The maximum absolute atomic E-state index is 13.4. The third-order valence-electron chi connectivity index (χ3n) is 4.69. The Bertz CT molecular complexity index is 1240. The van der Waals surface area contributed by atoms with Crippen LogP contribution in [0.2, 0.25) is 5.02 Å². The molecule has 5 nitrogen and oxygen atoms in total. The monoisotopic (exact) mass is 439 g/mol. The maximum Gasteiger partial charge on any atom is 0.335 e. The highest BCUT2D eigenvalue weighted by molar-refractivity contribution is 6.31. The van der Waals surface area contributed by atoms with E-state index < -0.39 is 11.8 Å². The zero-order valence-corrected chi connectivity index (χ0v) is 16.8. The molecule has 8 heteroatoms. The van der Waals surface area contributed by atoms with Crippen LogP contribution in [-0.2, 0) is 6.54 Å². The minimum absolute atomic E-state index is 0.0120. The summed E-state index contributed by atoms with van der Waals surface area (Å²) in [6.07, 6.45) is 1.80. The van der Waals surface area contributed by atoms with Gasteiger partial charge in [0.05, 0.1) is 22.0 Å². The summed E-state index contributed by atoms with van der Waals surface area (Å²) in [5.41, 5.74) is 3.62. The molecule has 1 heterocycles. The maximum atomic E-state index is 13.4. The molecule has 0 bridgehead atoms. The van der Waals surface area contributed by atoms with E-state index in [1.54, 1.807) is 41.2 Å². The number of hydrogen-bond acceptors (Lipinski definition) is 3. The van der Waals surface area contributed by atoms with Gasteiger partial charge in [-0.05, 0) is 66.7 Å². The van der Waals surface area contributed by atoms with Gasteiger partial charge in [-0.1, -0.05) is 11.6 Å². The molecular formula is C23H16ClF2N3O2. The van der Waals surface area contributed by atoms with Crippen molar-refractivity contribution in [3.05, 3.63) is 101 Å². The predicted molar refractivity (Wildman–Crippen MR) is 115 cm³/mol. The van der Waals surface area contributed by atoms with Gasteiger partial charge in [-0.15, -0.1) is 0 Å². The number of carboxylic acid groups (broad SMARTS) is 1. The van der Waals surface area contributed by atoms with Crippen LogP contribution in [0.4, 0.5) is 14.5 Å². The van der Waals surface area contributed by atoms with Crippen LogP contribution in [0.1, 0.15) is 15.9 Å². The molecule has 0 spiro atoms. The van der Waals surface area contributed by atoms with Crippen molar-refractivity contribution >= 4 is 23.3 Å². The number of halogens is 3. The highest BCUT2D eigenvalue weighted by Gasteiger charge is 2.13. The van der Waals surface area contributed by atoms with Crippen LogP contribution in [0, 0.1) is 11.6 Å². The second-order valence-corrected chi connectivity index (χ2v) is 7.20. The molecule has 0 fully saturated rings. The number of nitrogens with zero attached hydrogens (tertiary/aromatic N) is 2. The molecule has 4 rings (SSSR count). The van der Waals surface area contributed by atoms with E-state index in [4.69, 9.17) is 16.7 Å². The highest BCUT2D eigenvalue weighted by atomic mass is 35.5. The second-order valence-electron chi connectivity index (χ2n) is 6.79. The number of carboxylic acids is 1.